The SMILES string of the molecule is Cc1ccc(F)c2c1NC(C(=O)Nc1cccc(N3CCOc4ccccc43)c1)C2. The van der Waals surface area contributed by atoms with Crippen molar-refractivity contribution in [1.82, 2.24) is 0 Å². The summed E-state index contributed by atoms with van der Waals surface area (Å²) in [4.78, 5) is 15.0. The first-order valence-electron chi connectivity index (χ1n) is 10.0. The number of carbonyl (C=O) groups excluding carboxylic acids is 1. The molecule has 0 aliphatic carbocycles. The van der Waals surface area contributed by atoms with Gasteiger partial charge in [0.05, 0.1) is 12.2 Å². The van der Waals surface area contributed by atoms with Gasteiger partial charge >= 0.3 is 0 Å². The molecule has 30 heavy (non-hydrogen) atoms. The number of nitrogens with one attached hydrogen (secondary N) is 2. The van der Waals surface area contributed by atoms with Gasteiger partial charge in [-0.3, -0.25) is 4.79 Å². The second-order valence-corrected chi connectivity index (χ2v) is 7.63. The third-order valence-corrected chi connectivity index (χ3v) is 5.66. The zero-order chi connectivity index (χ0) is 20.7. The first-order chi connectivity index (χ1) is 14.6. The first kappa shape index (κ1) is 18.5. The van der Waals surface area contributed by atoms with Crippen molar-refractivity contribution in [3.8, 4) is 5.75 Å². The Morgan fingerprint density at radius 1 is 1.17 bits per heavy atom. The number of halogens is 1. The molecule has 5 nitrogen and oxygen atoms in total. The van der Waals surface area contributed by atoms with Crippen molar-refractivity contribution in [2.45, 2.75) is 19.4 Å². The van der Waals surface area contributed by atoms with Gasteiger partial charge in [-0.1, -0.05) is 24.3 Å². The number of ether oxygens (including phenoxy) is 1. The molecule has 2 heterocycles. The van der Waals surface area contributed by atoms with Gasteiger partial charge in [-0.05, 0) is 48.9 Å². The molecule has 6 heteroatoms. The summed E-state index contributed by atoms with van der Waals surface area (Å²) in [5, 5.41) is 6.15. The van der Waals surface area contributed by atoms with Crippen molar-refractivity contribution in [3.63, 3.8) is 0 Å². The number of hydrogen-bond donors (Lipinski definition) is 2. The highest BCUT2D eigenvalue weighted by atomic mass is 19.1. The van der Waals surface area contributed by atoms with Crippen LogP contribution in [0, 0.1) is 12.7 Å². The average Bonchev–Trinajstić information content (AvgIpc) is 3.23. The van der Waals surface area contributed by atoms with E-state index in [4.69, 9.17) is 4.74 Å². The Labute approximate surface area is 174 Å². The molecule has 2 N–H and O–H groups in total. The number of rotatable bonds is 3. The highest BCUT2D eigenvalue weighted by molar-refractivity contribution is 5.98. The summed E-state index contributed by atoms with van der Waals surface area (Å²) in [5.41, 5.74) is 4.94. The van der Waals surface area contributed by atoms with Crippen molar-refractivity contribution in [1.29, 1.82) is 0 Å². The molecule has 1 unspecified atom stereocenters. The molecule has 0 fully saturated rings. The molecule has 0 saturated heterocycles. The molecule has 152 valence electrons. The summed E-state index contributed by atoms with van der Waals surface area (Å²) >= 11 is 0. The van der Waals surface area contributed by atoms with Gasteiger partial charge in [-0.25, -0.2) is 4.39 Å². The van der Waals surface area contributed by atoms with E-state index in [1.54, 1.807) is 6.07 Å². The van der Waals surface area contributed by atoms with Crippen LogP contribution in [0.1, 0.15) is 11.1 Å². The summed E-state index contributed by atoms with van der Waals surface area (Å²) in [7, 11) is 0. The Bertz CT molecular complexity index is 1100. The van der Waals surface area contributed by atoms with E-state index >= 15 is 0 Å². The number of para-hydroxylation sites is 2. The number of benzene rings is 3. The standard InChI is InChI=1S/C24H22FN3O2/c1-15-9-10-19(25)18-14-20(27-23(15)18)24(29)26-16-5-4-6-17(13-16)28-11-12-30-22-8-3-2-7-21(22)28/h2-10,13,20,27H,11-12,14H2,1H3,(H,26,29). The normalized spacial score (nSPS) is 16.9. The van der Waals surface area contributed by atoms with Crippen LogP contribution in [0.2, 0.25) is 0 Å². The predicted molar refractivity (Wildman–Crippen MR) is 116 cm³/mol. The minimum atomic E-state index is -0.497. The zero-order valence-electron chi connectivity index (χ0n) is 16.6. The molecule has 0 bridgehead atoms. The van der Waals surface area contributed by atoms with Crippen LogP contribution in [0.4, 0.5) is 27.1 Å². The lowest BCUT2D eigenvalue weighted by Gasteiger charge is -2.31. The van der Waals surface area contributed by atoms with E-state index in [2.05, 4.69) is 15.5 Å². The van der Waals surface area contributed by atoms with Crippen LogP contribution < -0.4 is 20.3 Å². The maximum absolute atomic E-state index is 14.1. The first-order valence-corrected chi connectivity index (χ1v) is 10.0. The van der Waals surface area contributed by atoms with E-state index in [0.717, 1.165) is 34.9 Å². The van der Waals surface area contributed by atoms with Crippen molar-refractivity contribution in [2.75, 3.05) is 28.7 Å². The lowest BCUT2D eigenvalue weighted by molar-refractivity contribution is -0.116. The molecule has 3 aromatic rings. The van der Waals surface area contributed by atoms with Crippen LogP contribution in [0.5, 0.6) is 5.75 Å². The topological polar surface area (TPSA) is 53.6 Å². The second kappa shape index (κ2) is 7.37. The quantitative estimate of drug-likeness (QED) is 0.669. The summed E-state index contributed by atoms with van der Waals surface area (Å²) in [6, 6.07) is 18.4. The highest BCUT2D eigenvalue weighted by Crippen LogP contribution is 2.37. The summed E-state index contributed by atoms with van der Waals surface area (Å²) in [6.45, 7) is 3.24. The number of aryl methyl sites for hydroxylation is 1. The van der Waals surface area contributed by atoms with E-state index in [9.17, 15) is 9.18 Å². The van der Waals surface area contributed by atoms with Gasteiger partial charge in [0, 0.05) is 29.0 Å². The van der Waals surface area contributed by atoms with Crippen molar-refractivity contribution >= 4 is 28.7 Å². The number of carbonyl (C=O) groups is 1. The van der Waals surface area contributed by atoms with Crippen molar-refractivity contribution < 1.29 is 13.9 Å². The molecule has 1 atom stereocenters. The Morgan fingerprint density at radius 3 is 2.90 bits per heavy atom. The van der Waals surface area contributed by atoms with E-state index in [1.807, 2.05) is 55.5 Å². The third-order valence-electron chi connectivity index (χ3n) is 5.66. The highest BCUT2D eigenvalue weighted by Gasteiger charge is 2.30. The molecule has 0 spiro atoms. The summed E-state index contributed by atoms with van der Waals surface area (Å²) in [6.07, 6.45) is 0.339. The van der Waals surface area contributed by atoms with Gasteiger partial charge in [0.1, 0.15) is 24.2 Å². The van der Waals surface area contributed by atoms with E-state index in [1.165, 1.54) is 6.07 Å². The maximum atomic E-state index is 14.1. The lowest BCUT2D eigenvalue weighted by Crippen LogP contribution is -2.33. The fourth-order valence-corrected chi connectivity index (χ4v) is 4.15. The average molecular weight is 403 g/mol. The van der Waals surface area contributed by atoms with E-state index in [-0.39, 0.29) is 11.7 Å². The van der Waals surface area contributed by atoms with Gasteiger partial charge in [0.25, 0.3) is 0 Å². The Balaban J connectivity index is 1.35. The molecule has 0 saturated carbocycles. The largest absolute Gasteiger partial charge is 0.490 e. The monoisotopic (exact) mass is 403 g/mol. The zero-order valence-corrected chi connectivity index (χ0v) is 16.6. The maximum Gasteiger partial charge on any atom is 0.247 e. The molecule has 2 aliphatic heterocycles. The Hall–Kier alpha value is -3.54. The smallest absolute Gasteiger partial charge is 0.247 e. The van der Waals surface area contributed by atoms with Crippen LogP contribution in [-0.2, 0) is 11.2 Å². The van der Waals surface area contributed by atoms with Crippen LogP contribution in [0.15, 0.2) is 60.7 Å². The van der Waals surface area contributed by atoms with Gasteiger partial charge in [0.15, 0.2) is 0 Å². The number of amides is 1. The molecule has 0 radical (unpaired) electrons. The number of anilines is 4. The van der Waals surface area contributed by atoms with Gasteiger partial charge in [0.2, 0.25) is 5.91 Å². The predicted octanol–water partition coefficient (Wildman–Crippen LogP) is 4.64. The molecule has 3 aromatic carbocycles. The Kier molecular flexibility index (Phi) is 4.54. The van der Waals surface area contributed by atoms with Crippen LogP contribution in [0.25, 0.3) is 0 Å². The third kappa shape index (κ3) is 3.24. The summed E-state index contributed by atoms with van der Waals surface area (Å²) in [5.74, 6) is 0.402. The minimum absolute atomic E-state index is 0.176. The lowest BCUT2D eigenvalue weighted by atomic mass is 10.1. The van der Waals surface area contributed by atoms with E-state index in [0.29, 0.717) is 24.3 Å². The van der Waals surface area contributed by atoms with Crippen molar-refractivity contribution in [3.05, 3.63) is 77.6 Å². The molecule has 1 amide bonds. The second-order valence-electron chi connectivity index (χ2n) is 7.63. The number of nitrogens with zero attached hydrogens (tertiary/aromatic N) is 1. The molecular weight excluding hydrogens is 381 g/mol. The molecule has 0 aromatic heterocycles. The minimum Gasteiger partial charge on any atom is -0.490 e. The van der Waals surface area contributed by atoms with Crippen LogP contribution >= 0.6 is 0 Å². The molecule has 5 rings (SSSR count). The summed E-state index contributed by atoms with van der Waals surface area (Å²) < 4.78 is 19.9. The van der Waals surface area contributed by atoms with E-state index < -0.39 is 6.04 Å². The Morgan fingerprint density at radius 2 is 2.03 bits per heavy atom. The fourth-order valence-electron chi connectivity index (χ4n) is 4.15. The van der Waals surface area contributed by atoms with Crippen LogP contribution in [-0.4, -0.2) is 25.1 Å². The van der Waals surface area contributed by atoms with Crippen LogP contribution in [0.3, 0.4) is 0 Å². The van der Waals surface area contributed by atoms with Gasteiger partial charge in [-0.2, -0.15) is 0 Å². The number of fused-ring (bicyclic) bond motifs is 2. The number of hydrogen-bond acceptors (Lipinski definition) is 4. The van der Waals surface area contributed by atoms with Crippen molar-refractivity contribution in [2.24, 2.45) is 0 Å². The van der Waals surface area contributed by atoms with Gasteiger partial charge in [-0.15, -0.1) is 0 Å². The fraction of sp³-hybridized carbons (Fsp3) is 0.208. The molecular formula is C24H22FN3O2. The molecule has 2 aliphatic rings. The van der Waals surface area contributed by atoms with Gasteiger partial charge < -0.3 is 20.3 Å².